The molecule has 0 unspecified atom stereocenters. The van der Waals surface area contributed by atoms with Crippen molar-refractivity contribution in [3.63, 3.8) is 0 Å². The number of nitrogens with one attached hydrogen (secondary N) is 2. The van der Waals surface area contributed by atoms with Crippen LogP contribution in [0.2, 0.25) is 0 Å². The molecule has 7 heteroatoms. The molecule has 1 aromatic carbocycles. The smallest absolute Gasteiger partial charge is 0.191 e. The number of halogens is 2. The second kappa shape index (κ2) is 13.4. The van der Waals surface area contributed by atoms with Gasteiger partial charge in [0.05, 0.1) is 12.3 Å². The highest BCUT2D eigenvalue weighted by Gasteiger charge is 2.05. The minimum Gasteiger partial charge on any atom is -0.380 e. The van der Waals surface area contributed by atoms with Crippen molar-refractivity contribution in [3.8, 4) is 0 Å². The van der Waals surface area contributed by atoms with E-state index in [1.807, 2.05) is 24.9 Å². The van der Waals surface area contributed by atoms with E-state index in [1.165, 1.54) is 6.07 Å². The zero-order valence-corrected chi connectivity index (χ0v) is 16.5. The Morgan fingerprint density at radius 3 is 2.61 bits per heavy atom. The summed E-state index contributed by atoms with van der Waals surface area (Å²) in [5.74, 6) is 0.569. The molecule has 0 fully saturated rings. The third-order valence-corrected chi connectivity index (χ3v) is 3.19. The first kappa shape index (κ1) is 21.9. The molecular weight excluding hydrogens is 410 g/mol. The number of para-hydroxylation sites is 1. The van der Waals surface area contributed by atoms with Gasteiger partial charge < -0.3 is 20.3 Å². The normalized spacial score (nSPS) is 10.9. The monoisotopic (exact) mass is 438 g/mol. The molecule has 0 aliphatic carbocycles. The molecule has 0 saturated heterocycles. The zero-order valence-electron chi connectivity index (χ0n) is 14.1. The topological polar surface area (TPSA) is 48.9 Å². The molecule has 0 bridgehead atoms. The van der Waals surface area contributed by atoms with Gasteiger partial charge in [-0.3, -0.25) is 4.99 Å². The van der Waals surface area contributed by atoms with Gasteiger partial charge in [-0.2, -0.15) is 0 Å². The number of hydrogen-bond donors (Lipinski definition) is 2. The van der Waals surface area contributed by atoms with Crippen LogP contribution in [0.1, 0.15) is 13.3 Å². The van der Waals surface area contributed by atoms with E-state index in [9.17, 15) is 4.39 Å². The number of hydrogen-bond acceptors (Lipinski definition) is 3. The summed E-state index contributed by atoms with van der Waals surface area (Å²) in [6, 6.07) is 6.81. The average molecular weight is 438 g/mol. The largest absolute Gasteiger partial charge is 0.380 e. The first-order valence-electron chi connectivity index (χ1n) is 7.67. The third kappa shape index (κ3) is 8.95. The lowest BCUT2D eigenvalue weighted by Gasteiger charge is -2.20. The highest BCUT2D eigenvalue weighted by Crippen LogP contribution is 2.16. The van der Waals surface area contributed by atoms with E-state index in [0.29, 0.717) is 12.3 Å². The number of nitrogens with zero attached hydrogens (tertiary/aromatic N) is 2. The summed E-state index contributed by atoms with van der Waals surface area (Å²) in [6.45, 7) is 5.61. The van der Waals surface area contributed by atoms with E-state index in [1.54, 1.807) is 19.2 Å². The number of aliphatic imine (C=N–C) groups is 1. The number of anilines is 1. The summed E-state index contributed by atoms with van der Waals surface area (Å²) in [5.41, 5.74) is 0.627. The summed E-state index contributed by atoms with van der Waals surface area (Å²) in [6.07, 6.45) is 0.886. The zero-order chi connectivity index (χ0) is 16.2. The van der Waals surface area contributed by atoms with Gasteiger partial charge in [0.2, 0.25) is 0 Å². The van der Waals surface area contributed by atoms with Crippen molar-refractivity contribution in [2.24, 2.45) is 4.99 Å². The molecular formula is C16H28FIN4O. The van der Waals surface area contributed by atoms with Crippen LogP contribution in [0.15, 0.2) is 29.3 Å². The molecule has 1 aromatic rings. The Labute approximate surface area is 155 Å². The van der Waals surface area contributed by atoms with Crippen LogP contribution in [0, 0.1) is 5.82 Å². The van der Waals surface area contributed by atoms with Crippen molar-refractivity contribution in [1.82, 2.24) is 10.6 Å². The maximum absolute atomic E-state index is 13.6. The number of guanidine groups is 1. The molecule has 0 saturated carbocycles. The molecule has 23 heavy (non-hydrogen) atoms. The highest BCUT2D eigenvalue weighted by atomic mass is 127. The predicted molar refractivity (Wildman–Crippen MR) is 106 cm³/mol. The van der Waals surface area contributed by atoms with Gasteiger partial charge in [0.1, 0.15) is 5.82 Å². The Kier molecular flexibility index (Phi) is 12.7. The number of rotatable bonds is 9. The fourth-order valence-corrected chi connectivity index (χ4v) is 2.01. The van der Waals surface area contributed by atoms with Gasteiger partial charge in [0.25, 0.3) is 0 Å². The van der Waals surface area contributed by atoms with E-state index in [0.717, 1.165) is 38.6 Å². The first-order valence-corrected chi connectivity index (χ1v) is 7.67. The van der Waals surface area contributed by atoms with E-state index in [4.69, 9.17) is 4.74 Å². The molecule has 0 aliphatic heterocycles. The van der Waals surface area contributed by atoms with Crippen LogP contribution in [0.25, 0.3) is 0 Å². The van der Waals surface area contributed by atoms with Crippen LogP contribution in [0.4, 0.5) is 10.1 Å². The maximum atomic E-state index is 13.6. The molecule has 0 aliphatic rings. The average Bonchev–Trinajstić information content (AvgIpc) is 2.53. The van der Waals surface area contributed by atoms with Crippen LogP contribution in [0.5, 0.6) is 0 Å². The lowest BCUT2D eigenvalue weighted by Crippen LogP contribution is -2.40. The van der Waals surface area contributed by atoms with Crippen LogP contribution < -0.4 is 15.5 Å². The van der Waals surface area contributed by atoms with Crippen LogP contribution in [-0.2, 0) is 4.74 Å². The fourth-order valence-electron chi connectivity index (χ4n) is 2.01. The molecule has 2 N–H and O–H groups in total. The highest BCUT2D eigenvalue weighted by molar-refractivity contribution is 14.0. The minimum atomic E-state index is -0.189. The van der Waals surface area contributed by atoms with Crippen molar-refractivity contribution in [2.75, 3.05) is 51.8 Å². The Balaban J connectivity index is 0.00000484. The van der Waals surface area contributed by atoms with Crippen molar-refractivity contribution < 1.29 is 9.13 Å². The predicted octanol–water partition coefficient (Wildman–Crippen LogP) is 2.47. The Morgan fingerprint density at radius 1 is 1.26 bits per heavy atom. The molecule has 0 radical (unpaired) electrons. The molecule has 0 atom stereocenters. The summed E-state index contributed by atoms with van der Waals surface area (Å²) in [7, 11) is 3.63. The van der Waals surface area contributed by atoms with Gasteiger partial charge in [-0.25, -0.2) is 4.39 Å². The van der Waals surface area contributed by atoms with E-state index < -0.39 is 0 Å². The quantitative estimate of drug-likeness (QED) is 0.269. The molecule has 0 spiro atoms. The van der Waals surface area contributed by atoms with Gasteiger partial charge in [-0.15, -0.1) is 24.0 Å². The van der Waals surface area contributed by atoms with Gasteiger partial charge >= 0.3 is 0 Å². The summed E-state index contributed by atoms with van der Waals surface area (Å²) >= 11 is 0. The van der Waals surface area contributed by atoms with E-state index in [-0.39, 0.29) is 29.8 Å². The van der Waals surface area contributed by atoms with Crippen LogP contribution >= 0.6 is 24.0 Å². The SMILES string of the molecule is CCOCCNC(=NC)NCCCN(C)c1ccccc1F.I. The van der Waals surface area contributed by atoms with Gasteiger partial charge in [-0.05, 0) is 25.5 Å². The second-order valence-electron chi connectivity index (χ2n) is 4.85. The lowest BCUT2D eigenvalue weighted by molar-refractivity contribution is 0.152. The number of ether oxygens (including phenoxy) is 1. The lowest BCUT2D eigenvalue weighted by atomic mass is 10.2. The fraction of sp³-hybridized carbons (Fsp3) is 0.562. The molecule has 0 heterocycles. The van der Waals surface area contributed by atoms with Crippen molar-refractivity contribution in [3.05, 3.63) is 30.1 Å². The molecule has 0 amide bonds. The third-order valence-electron chi connectivity index (χ3n) is 3.19. The molecule has 5 nitrogen and oxygen atoms in total. The van der Waals surface area contributed by atoms with Crippen molar-refractivity contribution in [1.29, 1.82) is 0 Å². The van der Waals surface area contributed by atoms with Crippen LogP contribution in [0.3, 0.4) is 0 Å². The standard InChI is InChI=1S/C16H27FN4O.HI/c1-4-22-13-11-20-16(18-2)19-10-7-12-21(3)15-9-6-5-8-14(15)17;/h5-6,8-9H,4,7,10-13H2,1-3H3,(H2,18,19,20);1H. The van der Waals surface area contributed by atoms with E-state index in [2.05, 4.69) is 15.6 Å². The van der Waals surface area contributed by atoms with Gasteiger partial charge in [0.15, 0.2) is 5.96 Å². The van der Waals surface area contributed by atoms with Gasteiger partial charge in [0, 0.05) is 40.3 Å². The summed E-state index contributed by atoms with van der Waals surface area (Å²) in [4.78, 5) is 6.06. The summed E-state index contributed by atoms with van der Waals surface area (Å²) in [5, 5.41) is 6.40. The summed E-state index contributed by atoms with van der Waals surface area (Å²) < 4.78 is 18.9. The Hall–Kier alpha value is -1.09. The first-order chi connectivity index (χ1) is 10.7. The van der Waals surface area contributed by atoms with Crippen molar-refractivity contribution in [2.45, 2.75) is 13.3 Å². The Bertz CT molecular complexity index is 459. The van der Waals surface area contributed by atoms with Crippen LogP contribution in [-0.4, -0.2) is 52.9 Å². The number of benzene rings is 1. The Morgan fingerprint density at radius 2 is 1.96 bits per heavy atom. The van der Waals surface area contributed by atoms with Crippen molar-refractivity contribution >= 4 is 35.6 Å². The molecule has 1 rings (SSSR count). The second-order valence-corrected chi connectivity index (χ2v) is 4.85. The maximum Gasteiger partial charge on any atom is 0.191 e. The molecule has 132 valence electrons. The minimum absolute atomic E-state index is 0. The van der Waals surface area contributed by atoms with E-state index >= 15 is 0 Å². The van der Waals surface area contributed by atoms with Gasteiger partial charge in [-0.1, -0.05) is 12.1 Å². The molecule has 0 aromatic heterocycles.